The summed E-state index contributed by atoms with van der Waals surface area (Å²) in [5, 5.41) is 13.3. The molecule has 0 atom stereocenters. The van der Waals surface area contributed by atoms with Crippen molar-refractivity contribution < 1.29 is 9.72 Å². The second-order valence-electron chi connectivity index (χ2n) is 5.24. The molecule has 0 aliphatic carbocycles. The number of rotatable bonds is 6. The number of thiazole rings is 1. The van der Waals surface area contributed by atoms with E-state index in [-0.39, 0.29) is 11.3 Å². The van der Waals surface area contributed by atoms with Crippen LogP contribution in [0.5, 0.6) is 0 Å². The maximum absolute atomic E-state index is 12.3. The fourth-order valence-electron chi connectivity index (χ4n) is 2.08. The van der Waals surface area contributed by atoms with Crippen molar-refractivity contribution in [1.82, 2.24) is 10.4 Å². The molecule has 0 saturated heterocycles. The summed E-state index contributed by atoms with van der Waals surface area (Å²) in [7, 11) is 0. The van der Waals surface area contributed by atoms with Gasteiger partial charge in [-0.1, -0.05) is 30.0 Å². The fourth-order valence-corrected chi connectivity index (χ4v) is 3.96. The predicted octanol–water partition coefficient (Wildman–Crippen LogP) is 4.27. The molecule has 132 valence electrons. The Morgan fingerprint density at radius 3 is 2.65 bits per heavy atom. The van der Waals surface area contributed by atoms with Gasteiger partial charge in [-0.15, -0.1) is 11.3 Å². The van der Waals surface area contributed by atoms with E-state index in [1.54, 1.807) is 24.3 Å². The molecule has 26 heavy (non-hydrogen) atoms. The minimum Gasteiger partial charge on any atom is -0.298 e. The second-order valence-corrected chi connectivity index (χ2v) is 7.39. The Balaban J connectivity index is 1.77. The van der Waals surface area contributed by atoms with E-state index in [4.69, 9.17) is 0 Å². The maximum Gasteiger partial charge on any atom is 0.284 e. The molecular formula is C17H14N4O3S2. The molecule has 0 radical (unpaired) electrons. The lowest BCUT2D eigenvalue weighted by molar-refractivity contribution is -0.387. The highest BCUT2D eigenvalue weighted by Crippen LogP contribution is 2.36. The minimum absolute atomic E-state index is 0.129. The molecular weight excluding hydrogens is 372 g/mol. The number of aryl methyl sites for hydroxylation is 1. The van der Waals surface area contributed by atoms with Crippen molar-refractivity contribution in [2.75, 3.05) is 5.43 Å². The topological polar surface area (TPSA) is 97.2 Å². The number of amides is 1. The average molecular weight is 386 g/mol. The number of nitrogens with zero attached hydrogens (tertiary/aromatic N) is 2. The molecule has 0 saturated carbocycles. The molecule has 0 bridgehead atoms. The van der Waals surface area contributed by atoms with Gasteiger partial charge in [0.1, 0.15) is 0 Å². The molecule has 3 rings (SSSR count). The summed E-state index contributed by atoms with van der Waals surface area (Å²) >= 11 is 2.63. The van der Waals surface area contributed by atoms with E-state index >= 15 is 0 Å². The van der Waals surface area contributed by atoms with Gasteiger partial charge in [-0.3, -0.25) is 25.8 Å². The van der Waals surface area contributed by atoms with Gasteiger partial charge >= 0.3 is 0 Å². The summed E-state index contributed by atoms with van der Waals surface area (Å²) in [4.78, 5) is 27.9. The molecule has 7 nitrogen and oxygen atoms in total. The molecule has 3 aromatic rings. The van der Waals surface area contributed by atoms with Crippen molar-refractivity contribution in [3.05, 3.63) is 75.3 Å². The molecule has 0 fully saturated rings. The molecule has 1 heterocycles. The van der Waals surface area contributed by atoms with Gasteiger partial charge in [0.05, 0.1) is 15.5 Å². The zero-order valence-electron chi connectivity index (χ0n) is 13.6. The van der Waals surface area contributed by atoms with Crippen LogP contribution >= 0.6 is 23.1 Å². The number of carbonyl (C=O) groups is 1. The van der Waals surface area contributed by atoms with Gasteiger partial charge in [0.15, 0.2) is 4.34 Å². The fraction of sp³-hybridized carbons (Fsp3) is 0.0588. The quantitative estimate of drug-likeness (QED) is 0.485. The Hall–Kier alpha value is -2.91. The molecule has 0 spiro atoms. The van der Waals surface area contributed by atoms with Gasteiger partial charge in [0.25, 0.3) is 11.6 Å². The van der Waals surface area contributed by atoms with Crippen LogP contribution in [0.2, 0.25) is 0 Å². The number of nitro groups is 1. The van der Waals surface area contributed by atoms with E-state index in [1.165, 1.54) is 29.2 Å². The normalized spacial score (nSPS) is 10.3. The van der Waals surface area contributed by atoms with E-state index in [1.807, 2.05) is 30.5 Å². The molecule has 2 aromatic carbocycles. The summed E-state index contributed by atoms with van der Waals surface area (Å²) in [6.07, 6.45) is 0. The first-order chi connectivity index (χ1) is 12.5. The first-order valence-corrected chi connectivity index (χ1v) is 9.22. The van der Waals surface area contributed by atoms with Crippen molar-refractivity contribution in [3.8, 4) is 0 Å². The SMILES string of the molecule is Cc1csc(Sc2ccc(C(=O)NNc3ccccc3)cc2[N+](=O)[O-])n1. The van der Waals surface area contributed by atoms with Crippen LogP contribution in [0.4, 0.5) is 11.4 Å². The zero-order chi connectivity index (χ0) is 18.5. The molecule has 0 aliphatic rings. The van der Waals surface area contributed by atoms with Gasteiger partial charge in [0.2, 0.25) is 0 Å². The van der Waals surface area contributed by atoms with Crippen LogP contribution in [0.15, 0.2) is 63.1 Å². The zero-order valence-corrected chi connectivity index (χ0v) is 15.3. The van der Waals surface area contributed by atoms with Gasteiger partial charge in [-0.2, -0.15) is 0 Å². The standard InChI is InChI=1S/C17H14N4O3S2/c1-11-10-25-17(18-11)26-15-8-7-12(9-14(15)21(23)24)16(22)20-19-13-5-3-2-4-6-13/h2-10,19H,1H3,(H,20,22). The average Bonchev–Trinajstić information content (AvgIpc) is 3.05. The van der Waals surface area contributed by atoms with Crippen LogP contribution in [-0.4, -0.2) is 15.8 Å². The highest BCUT2D eigenvalue weighted by Gasteiger charge is 2.19. The first kappa shape index (κ1) is 17.9. The van der Waals surface area contributed by atoms with Crippen LogP contribution in [0, 0.1) is 17.0 Å². The van der Waals surface area contributed by atoms with Gasteiger partial charge in [-0.25, -0.2) is 4.98 Å². The van der Waals surface area contributed by atoms with Crippen molar-refractivity contribution in [1.29, 1.82) is 0 Å². The smallest absolute Gasteiger partial charge is 0.284 e. The van der Waals surface area contributed by atoms with Crippen LogP contribution in [-0.2, 0) is 0 Å². The number of para-hydroxylation sites is 1. The minimum atomic E-state index is -0.496. The lowest BCUT2D eigenvalue weighted by atomic mass is 10.2. The van der Waals surface area contributed by atoms with Crippen LogP contribution < -0.4 is 10.9 Å². The van der Waals surface area contributed by atoms with Crippen LogP contribution in [0.1, 0.15) is 16.1 Å². The molecule has 0 aliphatic heterocycles. The number of hydrogen-bond donors (Lipinski definition) is 2. The second kappa shape index (κ2) is 7.98. The molecule has 0 unspecified atom stereocenters. The number of benzene rings is 2. The van der Waals surface area contributed by atoms with Crippen LogP contribution in [0.25, 0.3) is 0 Å². The number of anilines is 1. The number of hydrogen-bond acceptors (Lipinski definition) is 7. The number of nitro benzene ring substituents is 1. The Morgan fingerprint density at radius 2 is 2.00 bits per heavy atom. The first-order valence-electron chi connectivity index (χ1n) is 7.53. The van der Waals surface area contributed by atoms with Gasteiger partial charge in [0, 0.05) is 22.7 Å². The number of aromatic nitrogens is 1. The highest BCUT2D eigenvalue weighted by molar-refractivity contribution is 8.01. The Bertz CT molecular complexity index is 944. The molecule has 1 aromatic heterocycles. The lowest BCUT2D eigenvalue weighted by Crippen LogP contribution is -2.29. The lowest BCUT2D eigenvalue weighted by Gasteiger charge is -2.09. The van der Waals surface area contributed by atoms with E-state index in [2.05, 4.69) is 15.8 Å². The molecule has 1 amide bonds. The van der Waals surface area contributed by atoms with E-state index in [0.29, 0.717) is 14.9 Å². The van der Waals surface area contributed by atoms with Crippen molar-refractivity contribution in [2.45, 2.75) is 16.2 Å². The third-order valence-electron chi connectivity index (χ3n) is 3.31. The number of carbonyl (C=O) groups excluding carboxylic acids is 1. The number of nitrogens with one attached hydrogen (secondary N) is 2. The molecule has 2 N–H and O–H groups in total. The van der Waals surface area contributed by atoms with Gasteiger partial charge < -0.3 is 0 Å². The summed E-state index contributed by atoms with van der Waals surface area (Å²) in [6, 6.07) is 13.5. The summed E-state index contributed by atoms with van der Waals surface area (Å²) < 4.78 is 0.716. The van der Waals surface area contributed by atoms with E-state index in [0.717, 1.165) is 5.69 Å². The maximum atomic E-state index is 12.3. The summed E-state index contributed by atoms with van der Waals surface area (Å²) in [5.41, 5.74) is 6.93. The Morgan fingerprint density at radius 1 is 1.23 bits per heavy atom. The monoisotopic (exact) mass is 386 g/mol. The van der Waals surface area contributed by atoms with Crippen molar-refractivity contribution in [3.63, 3.8) is 0 Å². The third kappa shape index (κ3) is 4.38. The van der Waals surface area contributed by atoms with Crippen molar-refractivity contribution in [2.24, 2.45) is 0 Å². The molecule has 9 heteroatoms. The number of hydrazine groups is 1. The highest BCUT2D eigenvalue weighted by atomic mass is 32.2. The van der Waals surface area contributed by atoms with Gasteiger partial charge in [-0.05, 0) is 31.2 Å². The van der Waals surface area contributed by atoms with E-state index in [9.17, 15) is 14.9 Å². The predicted molar refractivity (Wildman–Crippen MR) is 102 cm³/mol. The van der Waals surface area contributed by atoms with E-state index < -0.39 is 10.8 Å². The summed E-state index contributed by atoms with van der Waals surface area (Å²) in [5.74, 6) is -0.460. The third-order valence-corrected chi connectivity index (χ3v) is 5.43. The largest absolute Gasteiger partial charge is 0.298 e. The summed E-state index contributed by atoms with van der Waals surface area (Å²) in [6.45, 7) is 1.86. The van der Waals surface area contributed by atoms with Crippen LogP contribution in [0.3, 0.4) is 0 Å². The Labute approximate surface area is 157 Å². The Kier molecular flexibility index (Phi) is 5.49. The van der Waals surface area contributed by atoms with Crippen molar-refractivity contribution >= 4 is 40.4 Å².